The van der Waals surface area contributed by atoms with Crippen molar-refractivity contribution in [3.05, 3.63) is 29.8 Å². The second kappa shape index (κ2) is 4.87. The molecule has 0 aromatic heterocycles. The van der Waals surface area contributed by atoms with E-state index in [0.717, 1.165) is 24.8 Å². The normalized spacial score (nSPS) is 12.8. The van der Waals surface area contributed by atoms with Crippen LogP contribution >= 0.6 is 0 Å². The number of aliphatic hydroxyl groups is 1. The summed E-state index contributed by atoms with van der Waals surface area (Å²) in [6, 6.07) is 6.80. The van der Waals surface area contributed by atoms with Crippen LogP contribution in [0.5, 0.6) is 5.75 Å². The molecule has 0 unspecified atom stereocenters. The smallest absolute Gasteiger partial charge is 0.115 e. The average molecular weight is 180 g/mol. The molecule has 0 aliphatic rings. The summed E-state index contributed by atoms with van der Waals surface area (Å²) >= 11 is 0. The van der Waals surface area contributed by atoms with E-state index in [9.17, 15) is 10.2 Å². The van der Waals surface area contributed by atoms with Crippen LogP contribution in [0.4, 0.5) is 0 Å². The largest absolute Gasteiger partial charge is 0.508 e. The molecule has 0 radical (unpaired) electrons. The van der Waals surface area contributed by atoms with Gasteiger partial charge < -0.3 is 10.2 Å². The molecule has 2 heteroatoms. The Bertz CT molecular complexity index is 258. The van der Waals surface area contributed by atoms with Crippen molar-refractivity contribution in [1.29, 1.82) is 0 Å². The van der Waals surface area contributed by atoms with Crippen molar-refractivity contribution >= 4 is 0 Å². The Kier molecular flexibility index (Phi) is 3.77. The van der Waals surface area contributed by atoms with E-state index in [4.69, 9.17) is 0 Å². The van der Waals surface area contributed by atoms with Gasteiger partial charge in [0.2, 0.25) is 0 Å². The lowest BCUT2D eigenvalue weighted by Crippen LogP contribution is -1.96. The van der Waals surface area contributed by atoms with Gasteiger partial charge in [0.15, 0.2) is 0 Å². The quantitative estimate of drug-likeness (QED) is 0.747. The number of unbranched alkanes of at least 4 members (excludes halogenated alkanes) is 1. The predicted molar refractivity (Wildman–Crippen MR) is 52.6 cm³/mol. The van der Waals surface area contributed by atoms with Gasteiger partial charge in [0.25, 0.3) is 0 Å². The number of rotatable bonds is 4. The van der Waals surface area contributed by atoms with Crippen molar-refractivity contribution in [3.8, 4) is 5.75 Å². The van der Waals surface area contributed by atoms with Gasteiger partial charge in [-0.2, -0.15) is 0 Å². The zero-order valence-electron chi connectivity index (χ0n) is 7.90. The van der Waals surface area contributed by atoms with Gasteiger partial charge in [0.1, 0.15) is 5.75 Å². The molecule has 2 N–H and O–H groups in total. The van der Waals surface area contributed by atoms with Crippen LogP contribution in [-0.4, -0.2) is 10.2 Å². The Morgan fingerprint density at radius 3 is 2.77 bits per heavy atom. The summed E-state index contributed by atoms with van der Waals surface area (Å²) < 4.78 is 0. The molecular formula is C11H16O2. The summed E-state index contributed by atoms with van der Waals surface area (Å²) in [4.78, 5) is 0. The number of phenols is 1. The first kappa shape index (κ1) is 10.1. The van der Waals surface area contributed by atoms with Crippen LogP contribution in [0.2, 0.25) is 0 Å². The van der Waals surface area contributed by atoms with E-state index >= 15 is 0 Å². The highest BCUT2D eigenvalue weighted by Crippen LogP contribution is 2.22. The van der Waals surface area contributed by atoms with E-state index in [1.165, 1.54) is 0 Å². The standard InChI is InChI=1S/C11H16O2/c1-2-3-7-11(13)9-5-4-6-10(12)8-9/h4-6,8,11-13H,2-3,7H2,1H3/t11-/m1/s1. The van der Waals surface area contributed by atoms with Gasteiger partial charge in [0, 0.05) is 0 Å². The summed E-state index contributed by atoms with van der Waals surface area (Å²) in [5.74, 6) is 0.216. The molecule has 0 saturated heterocycles. The molecule has 72 valence electrons. The van der Waals surface area contributed by atoms with Gasteiger partial charge in [0.05, 0.1) is 6.10 Å². The molecule has 0 bridgehead atoms. The van der Waals surface area contributed by atoms with E-state index in [1.54, 1.807) is 18.2 Å². The van der Waals surface area contributed by atoms with E-state index < -0.39 is 6.10 Å². The number of hydrogen-bond donors (Lipinski definition) is 2. The number of hydrogen-bond acceptors (Lipinski definition) is 2. The monoisotopic (exact) mass is 180 g/mol. The summed E-state index contributed by atoms with van der Waals surface area (Å²) in [6.07, 6.45) is 2.42. The molecule has 0 heterocycles. The summed E-state index contributed by atoms with van der Waals surface area (Å²) in [7, 11) is 0. The SMILES string of the molecule is CCCC[C@@H](O)c1cccc(O)c1. The summed E-state index contributed by atoms with van der Waals surface area (Å²) in [5, 5.41) is 18.8. The van der Waals surface area contributed by atoms with Gasteiger partial charge in [-0.15, -0.1) is 0 Å². The van der Waals surface area contributed by atoms with Crippen LogP contribution in [0, 0.1) is 0 Å². The molecule has 0 amide bonds. The number of aliphatic hydroxyl groups excluding tert-OH is 1. The number of phenolic OH excluding ortho intramolecular Hbond substituents is 1. The maximum Gasteiger partial charge on any atom is 0.115 e. The number of benzene rings is 1. The Labute approximate surface area is 78.8 Å². The molecule has 0 aliphatic carbocycles. The van der Waals surface area contributed by atoms with Crippen molar-refractivity contribution in [1.82, 2.24) is 0 Å². The van der Waals surface area contributed by atoms with Crippen molar-refractivity contribution in [2.45, 2.75) is 32.3 Å². The fourth-order valence-electron chi connectivity index (χ4n) is 1.30. The molecule has 1 rings (SSSR count). The minimum Gasteiger partial charge on any atom is -0.508 e. The highest BCUT2D eigenvalue weighted by atomic mass is 16.3. The molecule has 1 aromatic carbocycles. The highest BCUT2D eigenvalue weighted by molar-refractivity contribution is 5.28. The molecular weight excluding hydrogens is 164 g/mol. The molecule has 2 nitrogen and oxygen atoms in total. The first-order valence-corrected chi connectivity index (χ1v) is 4.71. The molecule has 0 aliphatic heterocycles. The van der Waals surface area contributed by atoms with Crippen LogP contribution in [0.3, 0.4) is 0 Å². The van der Waals surface area contributed by atoms with Crippen molar-refractivity contribution < 1.29 is 10.2 Å². The van der Waals surface area contributed by atoms with Gasteiger partial charge in [-0.1, -0.05) is 31.9 Å². The van der Waals surface area contributed by atoms with Crippen LogP contribution in [0.1, 0.15) is 37.9 Å². The van der Waals surface area contributed by atoms with Crippen molar-refractivity contribution in [2.75, 3.05) is 0 Å². The molecule has 0 spiro atoms. The average Bonchev–Trinajstić information content (AvgIpc) is 2.14. The zero-order valence-corrected chi connectivity index (χ0v) is 7.90. The Morgan fingerprint density at radius 2 is 2.15 bits per heavy atom. The van der Waals surface area contributed by atoms with E-state index in [0.29, 0.717) is 0 Å². The first-order chi connectivity index (χ1) is 6.24. The highest BCUT2D eigenvalue weighted by Gasteiger charge is 2.06. The summed E-state index contributed by atoms with van der Waals surface area (Å²) in [5.41, 5.74) is 0.799. The lowest BCUT2D eigenvalue weighted by atomic mass is 10.0. The van der Waals surface area contributed by atoms with Crippen LogP contribution < -0.4 is 0 Å². The first-order valence-electron chi connectivity index (χ1n) is 4.71. The fraction of sp³-hybridized carbons (Fsp3) is 0.455. The third kappa shape index (κ3) is 3.07. The van der Waals surface area contributed by atoms with Gasteiger partial charge >= 0.3 is 0 Å². The van der Waals surface area contributed by atoms with E-state index in [2.05, 4.69) is 6.92 Å². The molecule has 1 aromatic rings. The van der Waals surface area contributed by atoms with Gasteiger partial charge in [-0.05, 0) is 24.1 Å². The maximum absolute atomic E-state index is 9.66. The molecule has 0 saturated carbocycles. The third-order valence-electron chi connectivity index (χ3n) is 2.09. The van der Waals surface area contributed by atoms with E-state index in [1.807, 2.05) is 6.07 Å². The summed E-state index contributed by atoms with van der Waals surface area (Å²) in [6.45, 7) is 2.09. The van der Waals surface area contributed by atoms with E-state index in [-0.39, 0.29) is 5.75 Å². The Morgan fingerprint density at radius 1 is 1.38 bits per heavy atom. The molecule has 13 heavy (non-hydrogen) atoms. The van der Waals surface area contributed by atoms with Crippen LogP contribution in [-0.2, 0) is 0 Å². The maximum atomic E-state index is 9.66. The lowest BCUT2D eigenvalue weighted by Gasteiger charge is -2.09. The lowest BCUT2D eigenvalue weighted by molar-refractivity contribution is 0.164. The predicted octanol–water partition coefficient (Wildman–Crippen LogP) is 2.62. The molecule has 1 atom stereocenters. The topological polar surface area (TPSA) is 40.5 Å². The fourth-order valence-corrected chi connectivity index (χ4v) is 1.30. The van der Waals surface area contributed by atoms with Crippen molar-refractivity contribution in [3.63, 3.8) is 0 Å². The van der Waals surface area contributed by atoms with Crippen LogP contribution in [0.25, 0.3) is 0 Å². The number of aromatic hydroxyl groups is 1. The van der Waals surface area contributed by atoms with Gasteiger partial charge in [-0.25, -0.2) is 0 Å². The minimum atomic E-state index is -0.438. The third-order valence-corrected chi connectivity index (χ3v) is 2.09. The van der Waals surface area contributed by atoms with Crippen LogP contribution in [0.15, 0.2) is 24.3 Å². The Balaban J connectivity index is 2.60. The Hall–Kier alpha value is -1.02. The zero-order chi connectivity index (χ0) is 9.68. The minimum absolute atomic E-state index is 0.216. The second-order valence-electron chi connectivity index (χ2n) is 3.25. The van der Waals surface area contributed by atoms with Crippen molar-refractivity contribution in [2.24, 2.45) is 0 Å². The molecule has 0 fully saturated rings. The van der Waals surface area contributed by atoms with Gasteiger partial charge in [-0.3, -0.25) is 0 Å². The second-order valence-corrected chi connectivity index (χ2v) is 3.25.